The highest BCUT2D eigenvalue weighted by atomic mass is 16.4. The van der Waals surface area contributed by atoms with Gasteiger partial charge in [0.15, 0.2) is 0 Å². The van der Waals surface area contributed by atoms with Crippen molar-refractivity contribution in [2.75, 3.05) is 0 Å². The van der Waals surface area contributed by atoms with Gasteiger partial charge in [0.25, 0.3) is 0 Å². The average Bonchev–Trinajstić information content (AvgIpc) is 1.83. The second-order valence-corrected chi connectivity index (χ2v) is 5.07. The molecule has 2 nitrogen and oxygen atoms in total. The molecule has 70 valence electrons. The molecular weight excluding hydrogens is 150 g/mol. The van der Waals surface area contributed by atoms with E-state index >= 15 is 0 Å². The maximum absolute atomic E-state index is 8.95. The van der Waals surface area contributed by atoms with Gasteiger partial charge in [-0.2, -0.15) is 0 Å². The van der Waals surface area contributed by atoms with Crippen LogP contribution in [0.2, 0.25) is 0 Å². The summed E-state index contributed by atoms with van der Waals surface area (Å²) in [5, 5.41) is 12.4. The van der Waals surface area contributed by atoms with Crippen LogP contribution < -0.4 is 0 Å². The van der Waals surface area contributed by atoms with Gasteiger partial charge in [0.05, 0.1) is 5.71 Å². The zero-order valence-electron chi connectivity index (χ0n) is 8.52. The predicted molar refractivity (Wildman–Crippen MR) is 50.6 cm³/mol. The molecule has 1 aliphatic rings. The molecule has 0 saturated heterocycles. The van der Waals surface area contributed by atoms with Crippen molar-refractivity contribution >= 4 is 5.71 Å². The van der Waals surface area contributed by atoms with Gasteiger partial charge in [-0.05, 0) is 12.8 Å². The molecule has 0 aromatic carbocycles. The summed E-state index contributed by atoms with van der Waals surface area (Å²) >= 11 is 0. The summed E-state index contributed by atoms with van der Waals surface area (Å²) in [6.45, 7) is 8.62. The van der Waals surface area contributed by atoms with Crippen molar-refractivity contribution in [1.29, 1.82) is 0 Å². The van der Waals surface area contributed by atoms with Crippen molar-refractivity contribution in [3.8, 4) is 0 Å². The van der Waals surface area contributed by atoms with Crippen molar-refractivity contribution in [2.24, 2.45) is 16.0 Å². The van der Waals surface area contributed by atoms with Crippen LogP contribution >= 0.6 is 0 Å². The molecule has 0 aromatic heterocycles. The van der Waals surface area contributed by atoms with Gasteiger partial charge in [-0.25, -0.2) is 0 Å². The smallest absolute Gasteiger partial charge is 0.0682 e. The van der Waals surface area contributed by atoms with Crippen molar-refractivity contribution in [3.05, 3.63) is 0 Å². The summed E-state index contributed by atoms with van der Waals surface area (Å²) in [5.74, 6) is 0. The van der Waals surface area contributed by atoms with Crippen LogP contribution in [0.4, 0.5) is 0 Å². The summed E-state index contributed by atoms with van der Waals surface area (Å²) in [5.41, 5.74) is 1.12. The van der Waals surface area contributed by atoms with E-state index in [1.165, 1.54) is 6.42 Å². The lowest BCUT2D eigenvalue weighted by Gasteiger charge is -2.41. The highest BCUT2D eigenvalue weighted by Crippen LogP contribution is 2.43. The first-order chi connectivity index (χ1) is 5.40. The third kappa shape index (κ3) is 1.47. The standard InChI is InChI=1S/C10H19NO/c1-9(2)6-5-7-10(3,4)8(9)11-12/h12H,5-7H2,1-4H3. The van der Waals surface area contributed by atoms with Crippen LogP contribution in [0, 0.1) is 10.8 Å². The fourth-order valence-electron chi connectivity index (χ4n) is 2.40. The molecule has 0 atom stereocenters. The van der Waals surface area contributed by atoms with Gasteiger partial charge in [-0.3, -0.25) is 0 Å². The molecule has 1 saturated carbocycles. The first-order valence-electron chi connectivity index (χ1n) is 4.63. The molecular formula is C10H19NO. The highest BCUT2D eigenvalue weighted by molar-refractivity contribution is 5.94. The summed E-state index contributed by atoms with van der Waals surface area (Å²) in [4.78, 5) is 0. The first kappa shape index (κ1) is 9.56. The summed E-state index contributed by atoms with van der Waals surface area (Å²) < 4.78 is 0. The van der Waals surface area contributed by atoms with E-state index in [9.17, 15) is 0 Å². The fourth-order valence-corrected chi connectivity index (χ4v) is 2.40. The van der Waals surface area contributed by atoms with Crippen LogP contribution in [0.1, 0.15) is 47.0 Å². The van der Waals surface area contributed by atoms with E-state index in [-0.39, 0.29) is 10.8 Å². The molecule has 2 heteroatoms. The van der Waals surface area contributed by atoms with Gasteiger partial charge < -0.3 is 5.21 Å². The molecule has 0 aromatic rings. The number of hydrogen-bond acceptors (Lipinski definition) is 2. The topological polar surface area (TPSA) is 32.6 Å². The van der Waals surface area contributed by atoms with Gasteiger partial charge in [0.1, 0.15) is 0 Å². The number of hydrogen-bond donors (Lipinski definition) is 1. The molecule has 0 unspecified atom stereocenters. The number of rotatable bonds is 0. The Morgan fingerprint density at radius 3 is 1.75 bits per heavy atom. The van der Waals surface area contributed by atoms with Crippen LogP contribution in [0.15, 0.2) is 5.16 Å². The van der Waals surface area contributed by atoms with E-state index in [4.69, 9.17) is 5.21 Å². The molecule has 0 radical (unpaired) electrons. The Morgan fingerprint density at radius 2 is 1.50 bits per heavy atom. The van der Waals surface area contributed by atoms with E-state index in [2.05, 4.69) is 32.9 Å². The molecule has 1 rings (SSSR count). The Labute approximate surface area is 74.7 Å². The minimum atomic E-state index is 0.0799. The lowest BCUT2D eigenvalue weighted by Crippen LogP contribution is -2.41. The van der Waals surface area contributed by atoms with Crippen LogP contribution in [0.5, 0.6) is 0 Å². The summed E-state index contributed by atoms with van der Waals surface area (Å²) in [7, 11) is 0. The van der Waals surface area contributed by atoms with E-state index in [0.717, 1.165) is 18.6 Å². The maximum Gasteiger partial charge on any atom is 0.0682 e. The lowest BCUT2D eigenvalue weighted by atomic mass is 9.64. The van der Waals surface area contributed by atoms with Crippen LogP contribution in [-0.4, -0.2) is 10.9 Å². The second-order valence-electron chi connectivity index (χ2n) is 5.07. The predicted octanol–water partition coefficient (Wildman–Crippen LogP) is 3.05. The van der Waals surface area contributed by atoms with E-state index in [1.807, 2.05) is 0 Å². The molecule has 1 N–H and O–H groups in total. The van der Waals surface area contributed by atoms with E-state index in [1.54, 1.807) is 0 Å². The molecule has 12 heavy (non-hydrogen) atoms. The van der Waals surface area contributed by atoms with Gasteiger partial charge in [0.2, 0.25) is 0 Å². The third-order valence-corrected chi connectivity index (χ3v) is 2.99. The average molecular weight is 169 g/mol. The largest absolute Gasteiger partial charge is 0.411 e. The Morgan fingerprint density at radius 1 is 1.08 bits per heavy atom. The van der Waals surface area contributed by atoms with Gasteiger partial charge in [0, 0.05) is 10.8 Å². The second kappa shape index (κ2) is 2.75. The van der Waals surface area contributed by atoms with E-state index in [0.29, 0.717) is 0 Å². The fraction of sp³-hybridized carbons (Fsp3) is 0.900. The molecule has 0 heterocycles. The highest BCUT2D eigenvalue weighted by Gasteiger charge is 2.40. The third-order valence-electron chi connectivity index (χ3n) is 2.99. The normalized spacial score (nSPS) is 26.8. The number of oxime groups is 1. The maximum atomic E-state index is 8.95. The minimum absolute atomic E-state index is 0.0799. The Balaban J connectivity index is 2.98. The summed E-state index contributed by atoms with van der Waals surface area (Å²) in [6.07, 6.45) is 3.50. The van der Waals surface area contributed by atoms with Gasteiger partial charge >= 0.3 is 0 Å². The Bertz CT molecular complexity index is 186. The Hall–Kier alpha value is -0.530. The van der Waals surface area contributed by atoms with Crippen LogP contribution in [-0.2, 0) is 0 Å². The molecule has 0 amide bonds. The molecule has 1 aliphatic carbocycles. The molecule has 0 bridgehead atoms. The van der Waals surface area contributed by atoms with Gasteiger partial charge in [-0.15, -0.1) is 0 Å². The van der Waals surface area contributed by atoms with Gasteiger partial charge in [-0.1, -0.05) is 39.3 Å². The van der Waals surface area contributed by atoms with Crippen molar-refractivity contribution < 1.29 is 5.21 Å². The lowest BCUT2D eigenvalue weighted by molar-refractivity contribution is 0.253. The minimum Gasteiger partial charge on any atom is -0.411 e. The summed E-state index contributed by atoms with van der Waals surface area (Å²) in [6, 6.07) is 0. The zero-order valence-corrected chi connectivity index (χ0v) is 8.52. The first-order valence-corrected chi connectivity index (χ1v) is 4.63. The zero-order chi connectivity index (χ0) is 9.41. The quantitative estimate of drug-likeness (QED) is 0.438. The molecule has 0 spiro atoms. The van der Waals surface area contributed by atoms with Crippen LogP contribution in [0.25, 0.3) is 0 Å². The van der Waals surface area contributed by atoms with Crippen LogP contribution in [0.3, 0.4) is 0 Å². The molecule has 1 fully saturated rings. The van der Waals surface area contributed by atoms with Crippen molar-refractivity contribution in [3.63, 3.8) is 0 Å². The SMILES string of the molecule is CC1(C)CCCC(C)(C)C1=NO. The monoisotopic (exact) mass is 169 g/mol. The van der Waals surface area contributed by atoms with E-state index < -0.39 is 0 Å². The number of nitrogens with zero attached hydrogens (tertiary/aromatic N) is 1. The van der Waals surface area contributed by atoms with Crippen molar-refractivity contribution in [1.82, 2.24) is 0 Å². The Kier molecular flexibility index (Phi) is 2.19. The molecule has 0 aliphatic heterocycles. The van der Waals surface area contributed by atoms with Crippen molar-refractivity contribution in [2.45, 2.75) is 47.0 Å².